The van der Waals surface area contributed by atoms with Gasteiger partial charge in [0.25, 0.3) is 0 Å². The molecule has 1 fully saturated rings. The Hall–Kier alpha value is -1.59. The summed E-state index contributed by atoms with van der Waals surface area (Å²) in [5, 5.41) is 7.43. The number of aromatic amines is 1. The average Bonchev–Trinajstić information content (AvgIpc) is 2.82. The molecule has 20 heavy (non-hydrogen) atoms. The van der Waals surface area contributed by atoms with Gasteiger partial charge in [0.15, 0.2) is 5.82 Å². The third kappa shape index (κ3) is 2.39. The van der Waals surface area contributed by atoms with E-state index >= 15 is 0 Å². The van der Waals surface area contributed by atoms with Crippen LogP contribution in [0.1, 0.15) is 24.5 Å². The summed E-state index contributed by atoms with van der Waals surface area (Å²) in [5.74, 6) is 0.332. The van der Waals surface area contributed by atoms with Crippen molar-refractivity contribution >= 4 is 17.4 Å². The van der Waals surface area contributed by atoms with Crippen LogP contribution in [0.3, 0.4) is 0 Å². The first-order chi connectivity index (χ1) is 9.66. The molecule has 0 amide bonds. The molecule has 0 saturated carbocycles. The molecule has 1 saturated heterocycles. The Morgan fingerprint density at radius 1 is 1.35 bits per heavy atom. The summed E-state index contributed by atoms with van der Waals surface area (Å²) in [6, 6.07) is 4.31. The highest BCUT2D eigenvalue weighted by Crippen LogP contribution is 2.39. The molecule has 3 N–H and O–H groups in total. The van der Waals surface area contributed by atoms with Crippen molar-refractivity contribution in [2.75, 3.05) is 18.9 Å². The van der Waals surface area contributed by atoms with Crippen LogP contribution in [0.25, 0.3) is 11.1 Å². The fourth-order valence-corrected chi connectivity index (χ4v) is 2.89. The van der Waals surface area contributed by atoms with Crippen molar-refractivity contribution in [2.24, 2.45) is 0 Å². The number of halogens is 2. The number of hydrogen-bond acceptors (Lipinski definition) is 3. The Labute approximate surface area is 121 Å². The van der Waals surface area contributed by atoms with E-state index in [1.54, 1.807) is 6.07 Å². The predicted molar refractivity (Wildman–Crippen MR) is 76.2 cm³/mol. The molecule has 0 atom stereocenters. The van der Waals surface area contributed by atoms with Crippen LogP contribution in [0.4, 0.5) is 10.2 Å². The van der Waals surface area contributed by atoms with E-state index in [0.29, 0.717) is 22.3 Å². The minimum absolute atomic E-state index is 0.310. The number of benzene rings is 1. The van der Waals surface area contributed by atoms with Crippen molar-refractivity contribution < 1.29 is 9.13 Å². The fraction of sp³-hybridized carbons (Fsp3) is 0.357. The van der Waals surface area contributed by atoms with Crippen molar-refractivity contribution in [1.29, 1.82) is 0 Å². The van der Waals surface area contributed by atoms with Crippen LogP contribution < -0.4 is 5.73 Å². The third-order valence-electron chi connectivity index (χ3n) is 3.65. The zero-order chi connectivity index (χ0) is 14.1. The Morgan fingerprint density at radius 2 is 2.10 bits per heavy atom. The quantitative estimate of drug-likeness (QED) is 0.893. The average molecular weight is 296 g/mol. The van der Waals surface area contributed by atoms with Gasteiger partial charge in [-0.1, -0.05) is 11.6 Å². The lowest BCUT2D eigenvalue weighted by molar-refractivity contribution is 0.0846. The molecule has 0 radical (unpaired) electrons. The highest BCUT2D eigenvalue weighted by atomic mass is 35.5. The number of rotatable bonds is 2. The Morgan fingerprint density at radius 3 is 2.80 bits per heavy atom. The summed E-state index contributed by atoms with van der Waals surface area (Å²) in [6.07, 6.45) is 1.82. The van der Waals surface area contributed by atoms with E-state index in [-0.39, 0.29) is 5.82 Å². The number of nitrogens with two attached hydrogens (primary N) is 1. The Bertz CT molecular complexity index is 623. The lowest BCUT2D eigenvalue weighted by atomic mass is 9.91. The minimum Gasteiger partial charge on any atom is -0.382 e. The molecule has 0 bridgehead atoms. The maximum Gasteiger partial charge on any atom is 0.153 e. The van der Waals surface area contributed by atoms with Crippen LogP contribution in [0.5, 0.6) is 0 Å². The van der Waals surface area contributed by atoms with Crippen molar-refractivity contribution in [3.8, 4) is 11.1 Å². The number of nitrogens with one attached hydrogen (secondary N) is 1. The first-order valence-corrected chi connectivity index (χ1v) is 6.91. The molecule has 0 aliphatic carbocycles. The molecular formula is C14H15ClFN3O. The maximum atomic E-state index is 13.2. The summed E-state index contributed by atoms with van der Waals surface area (Å²) in [4.78, 5) is 0. The summed E-state index contributed by atoms with van der Waals surface area (Å²) < 4.78 is 18.6. The highest BCUT2D eigenvalue weighted by molar-refractivity contribution is 6.33. The summed E-state index contributed by atoms with van der Waals surface area (Å²) >= 11 is 6.14. The topological polar surface area (TPSA) is 63.9 Å². The van der Waals surface area contributed by atoms with Gasteiger partial charge in [-0.3, -0.25) is 5.10 Å². The second-order valence-corrected chi connectivity index (χ2v) is 5.32. The van der Waals surface area contributed by atoms with E-state index in [2.05, 4.69) is 10.2 Å². The maximum absolute atomic E-state index is 13.2. The van der Waals surface area contributed by atoms with Gasteiger partial charge in [-0.25, -0.2) is 4.39 Å². The number of H-pyrrole nitrogens is 1. The monoisotopic (exact) mass is 295 g/mol. The van der Waals surface area contributed by atoms with E-state index < -0.39 is 0 Å². The summed E-state index contributed by atoms with van der Waals surface area (Å²) in [6.45, 7) is 1.44. The normalized spacial score (nSPS) is 16.5. The summed E-state index contributed by atoms with van der Waals surface area (Å²) in [5.41, 5.74) is 8.41. The van der Waals surface area contributed by atoms with Gasteiger partial charge in [-0.15, -0.1) is 0 Å². The third-order valence-corrected chi connectivity index (χ3v) is 3.97. The molecule has 106 valence electrons. The van der Waals surface area contributed by atoms with Crippen LogP contribution in [0, 0.1) is 5.82 Å². The smallest absolute Gasteiger partial charge is 0.153 e. The van der Waals surface area contributed by atoms with Crippen molar-refractivity contribution in [3.05, 3.63) is 34.7 Å². The molecule has 1 aliphatic rings. The first-order valence-electron chi connectivity index (χ1n) is 6.53. The standard InChI is InChI=1S/C14H15ClFN3O/c15-11-7-9(16)1-2-10(11)12-13(18-19-14(12)17)8-3-5-20-6-4-8/h1-2,7-8H,3-6H2,(H3,17,18,19). The van der Waals surface area contributed by atoms with Crippen molar-refractivity contribution in [1.82, 2.24) is 10.2 Å². The first kappa shape index (κ1) is 13.4. The molecule has 2 heterocycles. The number of nitrogen functional groups attached to an aromatic ring is 1. The number of hydrogen-bond donors (Lipinski definition) is 2. The molecule has 6 heteroatoms. The fourth-order valence-electron chi connectivity index (χ4n) is 2.63. The summed E-state index contributed by atoms with van der Waals surface area (Å²) in [7, 11) is 0. The van der Waals surface area contributed by atoms with Gasteiger partial charge in [-0.05, 0) is 31.0 Å². The molecule has 1 aliphatic heterocycles. The minimum atomic E-state index is -0.367. The Balaban J connectivity index is 2.06. The molecule has 4 nitrogen and oxygen atoms in total. The second kappa shape index (κ2) is 5.42. The van der Waals surface area contributed by atoms with Gasteiger partial charge in [-0.2, -0.15) is 5.10 Å². The zero-order valence-corrected chi connectivity index (χ0v) is 11.6. The van der Waals surface area contributed by atoms with E-state index in [1.165, 1.54) is 12.1 Å². The SMILES string of the molecule is Nc1n[nH]c(C2CCOCC2)c1-c1ccc(F)cc1Cl. The molecule has 2 aromatic rings. The lowest BCUT2D eigenvalue weighted by Gasteiger charge is -2.22. The number of aromatic nitrogens is 2. The van der Waals surface area contributed by atoms with Gasteiger partial charge < -0.3 is 10.5 Å². The molecular weight excluding hydrogens is 281 g/mol. The van der Waals surface area contributed by atoms with E-state index in [1.807, 2.05) is 0 Å². The predicted octanol–water partition coefficient (Wildman–Crippen LogP) is 3.35. The van der Waals surface area contributed by atoms with Gasteiger partial charge in [0.05, 0.1) is 5.02 Å². The number of nitrogens with zero attached hydrogens (tertiary/aromatic N) is 1. The highest BCUT2D eigenvalue weighted by Gasteiger charge is 2.24. The molecule has 0 unspecified atom stereocenters. The number of anilines is 1. The second-order valence-electron chi connectivity index (χ2n) is 4.91. The van der Waals surface area contributed by atoms with Gasteiger partial charge >= 0.3 is 0 Å². The van der Waals surface area contributed by atoms with Gasteiger partial charge in [0.2, 0.25) is 0 Å². The van der Waals surface area contributed by atoms with E-state index in [4.69, 9.17) is 22.1 Å². The molecule has 1 aromatic heterocycles. The van der Waals surface area contributed by atoms with Crippen LogP contribution in [-0.4, -0.2) is 23.4 Å². The van der Waals surface area contributed by atoms with Gasteiger partial charge in [0, 0.05) is 36.0 Å². The van der Waals surface area contributed by atoms with Crippen molar-refractivity contribution in [3.63, 3.8) is 0 Å². The van der Waals surface area contributed by atoms with E-state index in [9.17, 15) is 4.39 Å². The largest absolute Gasteiger partial charge is 0.382 e. The molecule has 1 aromatic carbocycles. The van der Waals surface area contributed by atoms with E-state index in [0.717, 1.165) is 37.3 Å². The Kier molecular flexibility index (Phi) is 3.63. The van der Waals surface area contributed by atoms with Crippen molar-refractivity contribution in [2.45, 2.75) is 18.8 Å². The molecule has 3 rings (SSSR count). The van der Waals surface area contributed by atoms with Crippen LogP contribution in [-0.2, 0) is 4.74 Å². The van der Waals surface area contributed by atoms with Crippen LogP contribution in [0.15, 0.2) is 18.2 Å². The van der Waals surface area contributed by atoms with Crippen LogP contribution >= 0.6 is 11.6 Å². The molecule has 0 spiro atoms. The zero-order valence-electron chi connectivity index (χ0n) is 10.8. The van der Waals surface area contributed by atoms with Gasteiger partial charge in [0.1, 0.15) is 5.82 Å². The number of ether oxygens (including phenoxy) is 1. The lowest BCUT2D eigenvalue weighted by Crippen LogP contribution is -2.15. The van der Waals surface area contributed by atoms with Crippen LogP contribution in [0.2, 0.25) is 5.02 Å².